The summed E-state index contributed by atoms with van der Waals surface area (Å²) >= 11 is 0. The Kier molecular flexibility index (Phi) is 5.11. The molecule has 2 unspecified atom stereocenters. The van der Waals surface area contributed by atoms with Gasteiger partial charge in [0.25, 0.3) is 0 Å². The van der Waals surface area contributed by atoms with Gasteiger partial charge < -0.3 is 35.7 Å². The lowest BCUT2D eigenvalue weighted by atomic mass is 9.74. The molecule has 154 valence electrons. The van der Waals surface area contributed by atoms with Crippen molar-refractivity contribution in [3.8, 4) is 34.5 Å². The first-order valence-electron chi connectivity index (χ1n) is 9.06. The molecule has 0 amide bonds. The van der Waals surface area contributed by atoms with E-state index in [-0.39, 0.29) is 58.5 Å². The SMILES string of the molecule is CC1=CC(C)(Cc2c(O)cc(O)cc2O)C=C(Cc2c(O)cc(O)cc2O)C1O. The molecule has 3 rings (SSSR count). The van der Waals surface area contributed by atoms with Crippen LogP contribution in [0.4, 0.5) is 0 Å². The molecule has 0 aromatic heterocycles. The number of benzene rings is 2. The number of phenols is 6. The number of allylic oxidation sites excluding steroid dienone is 2. The molecule has 0 aliphatic heterocycles. The summed E-state index contributed by atoms with van der Waals surface area (Å²) in [5.41, 5.74) is 0.867. The van der Waals surface area contributed by atoms with Crippen LogP contribution in [0.25, 0.3) is 0 Å². The van der Waals surface area contributed by atoms with Crippen molar-refractivity contribution < 1.29 is 35.7 Å². The van der Waals surface area contributed by atoms with E-state index in [1.165, 1.54) is 0 Å². The van der Waals surface area contributed by atoms with Gasteiger partial charge in [-0.3, -0.25) is 0 Å². The second-order valence-electron chi connectivity index (χ2n) is 7.79. The van der Waals surface area contributed by atoms with E-state index in [0.29, 0.717) is 11.1 Å². The van der Waals surface area contributed by atoms with Crippen molar-refractivity contribution in [3.05, 3.63) is 58.7 Å². The quantitative estimate of drug-likeness (QED) is 0.391. The molecular formula is C22H24O7. The number of rotatable bonds is 4. The Hall–Kier alpha value is -3.32. The fraction of sp³-hybridized carbons (Fsp3) is 0.273. The Labute approximate surface area is 167 Å². The van der Waals surface area contributed by atoms with Crippen LogP contribution in [0.3, 0.4) is 0 Å². The highest BCUT2D eigenvalue weighted by Crippen LogP contribution is 2.43. The van der Waals surface area contributed by atoms with Crippen LogP contribution in [0.2, 0.25) is 0 Å². The van der Waals surface area contributed by atoms with Crippen molar-refractivity contribution in [2.75, 3.05) is 0 Å². The lowest BCUT2D eigenvalue weighted by Crippen LogP contribution is -2.27. The van der Waals surface area contributed by atoms with Crippen LogP contribution < -0.4 is 0 Å². The molecule has 2 atom stereocenters. The van der Waals surface area contributed by atoms with E-state index in [4.69, 9.17) is 0 Å². The molecule has 29 heavy (non-hydrogen) atoms. The van der Waals surface area contributed by atoms with E-state index in [1.54, 1.807) is 13.0 Å². The maximum Gasteiger partial charge on any atom is 0.126 e. The summed E-state index contributed by atoms with van der Waals surface area (Å²) < 4.78 is 0. The molecule has 2 aromatic rings. The topological polar surface area (TPSA) is 142 Å². The molecule has 0 saturated heterocycles. The Morgan fingerprint density at radius 3 is 1.69 bits per heavy atom. The summed E-state index contributed by atoms with van der Waals surface area (Å²) in [7, 11) is 0. The molecule has 7 nitrogen and oxygen atoms in total. The van der Waals surface area contributed by atoms with Gasteiger partial charge in [-0.25, -0.2) is 0 Å². The van der Waals surface area contributed by atoms with Crippen molar-refractivity contribution in [2.45, 2.75) is 32.8 Å². The molecule has 0 radical (unpaired) electrons. The monoisotopic (exact) mass is 400 g/mol. The summed E-state index contributed by atoms with van der Waals surface area (Å²) in [4.78, 5) is 0. The predicted octanol–water partition coefficient (Wildman–Crippen LogP) is 2.96. The molecule has 7 heteroatoms. The number of phenolic OH excluding ortho intramolecular Hbond substituents is 6. The number of hydrogen-bond donors (Lipinski definition) is 7. The third-order valence-corrected chi connectivity index (χ3v) is 5.17. The fourth-order valence-corrected chi connectivity index (χ4v) is 3.89. The molecule has 0 bridgehead atoms. The first kappa shape index (κ1) is 20.4. The minimum absolute atomic E-state index is 0.0351. The highest BCUT2D eigenvalue weighted by atomic mass is 16.3. The molecule has 1 aliphatic rings. The van der Waals surface area contributed by atoms with Gasteiger partial charge in [-0.15, -0.1) is 0 Å². The molecule has 0 saturated carbocycles. The zero-order valence-corrected chi connectivity index (χ0v) is 16.1. The van der Waals surface area contributed by atoms with Crippen LogP contribution in [0.15, 0.2) is 47.6 Å². The zero-order valence-electron chi connectivity index (χ0n) is 16.1. The fourth-order valence-electron chi connectivity index (χ4n) is 3.89. The van der Waals surface area contributed by atoms with E-state index < -0.39 is 11.5 Å². The van der Waals surface area contributed by atoms with Crippen LogP contribution in [-0.2, 0) is 12.8 Å². The van der Waals surface area contributed by atoms with Gasteiger partial charge in [0, 0.05) is 47.2 Å². The number of aliphatic hydroxyl groups is 1. The first-order chi connectivity index (χ1) is 13.5. The molecule has 0 spiro atoms. The highest BCUT2D eigenvalue weighted by Gasteiger charge is 2.31. The Bertz CT molecular complexity index is 976. The van der Waals surface area contributed by atoms with Gasteiger partial charge in [0.15, 0.2) is 0 Å². The molecule has 7 N–H and O–H groups in total. The second-order valence-corrected chi connectivity index (χ2v) is 7.79. The average molecular weight is 400 g/mol. The molecule has 1 aliphatic carbocycles. The maximum absolute atomic E-state index is 10.6. The molecular weight excluding hydrogens is 376 g/mol. The van der Waals surface area contributed by atoms with Gasteiger partial charge >= 0.3 is 0 Å². The maximum atomic E-state index is 10.6. The average Bonchev–Trinajstić information content (AvgIpc) is 2.58. The highest BCUT2D eigenvalue weighted by molar-refractivity contribution is 5.53. The number of aromatic hydroxyl groups is 6. The standard InChI is InChI=1S/C22H24O7/c1-11-8-22(2,10-16-19(27)6-14(24)7-20(16)28)9-12(21(11)29)3-15-17(25)4-13(23)5-18(15)26/h4-9,21,23-29H,3,10H2,1-2H3. The van der Waals surface area contributed by atoms with Crippen molar-refractivity contribution in [3.63, 3.8) is 0 Å². The normalized spacial score (nSPS) is 21.6. The van der Waals surface area contributed by atoms with Gasteiger partial charge in [-0.05, 0) is 24.5 Å². The minimum Gasteiger partial charge on any atom is -0.508 e. The second kappa shape index (κ2) is 7.25. The zero-order chi connectivity index (χ0) is 21.5. The van der Waals surface area contributed by atoms with Crippen molar-refractivity contribution >= 4 is 0 Å². The van der Waals surface area contributed by atoms with Crippen molar-refractivity contribution in [1.29, 1.82) is 0 Å². The van der Waals surface area contributed by atoms with Gasteiger partial charge in [-0.1, -0.05) is 19.1 Å². The van der Waals surface area contributed by atoms with Crippen LogP contribution in [0.5, 0.6) is 34.5 Å². The summed E-state index contributed by atoms with van der Waals surface area (Å²) in [6.45, 7) is 3.59. The van der Waals surface area contributed by atoms with E-state index in [1.807, 2.05) is 13.0 Å². The smallest absolute Gasteiger partial charge is 0.126 e. The molecule has 0 heterocycles. The summed E-state index contributed by atoms with van der Waals surface area (Å²) in [5.74, 6) is -1.61. The Balaban J connectivity index is 1.99. The van der Waals surface area contributed by atoms with Gasteiger partial charge in [-0.2, -0.15) is 0 Å². The van der Waals surface area contributed by atoms with Gasteiger partial charge in [0.1, 0.15) is 34.5 Å². The lowest BCUT2D eigenvalue weighted by molar-refractivity contribution is 0.234. The summed E-state index contributed by atoms with van der Waals surface area (Å²) in [6, 6.07) is 4.51. The van der Waals surface area contributed by atoms with Gasteiger partial charge in [0.05, 0.1) is 6.10 Å². The lowest BCUT2D eigenvalue weighted by Gasteiger charge is -2.33. The van der Waals surface area contributed by atoms with Crippen LogP contribution in [-0.4, -0.2) is 41.8 Å². The predicted molar refractivity (Wildman–Crippen MR) is 106 cm³/mol. The largest absolute Gasteiger partial charge is 0.508 e. The third kappa shape index (κ3) is 4.09. The van der Waals surface area contributed by atoms with E-state index in [2.05, 4.69) is 0 Å². The van der Waals surface area contributed by atoms with E-state index >= 15 is 0 Å². The third-order valence-electron chi connectivity index (χ3n) is 5.17. The number of aliphatic hydroxyl groups excluding tert-OH is 1. The molecule has 0 fully saturated rings. The summed E-state index contributed by atoms with van der Waals surface area (Å²) in [5, 5.41) is 70.0. The first-order valence-corrected chi connectivity index (χ1v) is 9.06. The van der Waals surface area contributed by atoms with Crippen LogP contribution in [0.1, 0.15) is 25.0 Å². The van der Waals surface area contributed by atoms with Crippen LogP contribution in [0, 0.1) is 5.41 Å². The Morgan fingerprint density at radius 2 is 1.21 bits per heavy atom. The minimum atomic E-state index is -0.933. The van der Waals surface area contributed by atoms with Crippen molar-refractivity contribution in [1.82, 2.24) is 0 Å². The van der Waals surface area contributed by atoms with Gasteiger partial charge in [0.2, 0.25) is 0 Å². The Morgan fingerprint density at radius 1 is 0.759 bits per heavy atom. The number of hydrogen-bond acceptors (Lipinski definition) is 7. The van der Waals surface area contributed by atoms with E-state index in [0.717, 1.165) is 24.3 Å². The van der Waals surface area contributed by atoms with E-state index in [9.17, 15) is 35.7 Å². The summed E-state index contributed by atoms with van der Waals surface area (Å²) in [6.07, 6.45) is 2.88. The van der Waals surface area contributed by atoms with Crippen LogP contribution >= 0.6 is 0 Å². The molecule has 2 aromatic carbocycles. The van der Waals surface area contributed by atoms with Crippen molar-refractivity contribution in [2.24, 2.45) is 5.41 Å².